The maximum Gasteiger partial charge on any atom is 0.0731 e. The first-order valence-corrected chi connectivity index (χ1v) is 8.79. The summed E-state index contributed by atoms with van der Waals surface area (Å²) in [7, 11) is 0. The lowest BCUT2D eigenvalue weighted by Crippen LogP contribution is -2.54. The van der Waals surface area contributed by atoms with Gasteiger partial charge in [-0.1, -0.05) is 12.8 Å². The second-order valence-corrected chi connectivity index (χ2v) is 7.19. The maximum atomic E-state index is 6.09. The summed E-state index contributed by atoms with van der Waals surface area (Å²) in [5.74, 6) is 0. The van der Waals surface area contributed by atoms with E-state index in [1.807, 2.05) is 0 Å². The van der Waals surface area contributed by atoms with Gasteiger partial charge in [0.1, 0.15) is 0 Å². The number of fused-ring (bicyclic) bond motifs is 1. The quantitative estimate of drug-likeness (QED) is 0.915. The van der Waals surface area contributed by atoms with Crippen LogP contribution in [0.4, 0.5) is 0 Å². The van der Waals surface area contributed by atoms with Crippen molar-refractivity contribution in [3.63, 3.8) is 0 Å². The highest BCUT2D eigenvalue weighted by Crippen LogP contribution is 2.38. The fourth-order valence-electron chi connectivity index (χ4n) is 3.45. The number of halogens is 1. The molecule has 1 aromatic heterocycles. The molecule has 3 atom stereocenters. The summed E-state index contributed by atoms with van der Waals surface area (Å²) < 4.78 is 7.16. The van der Waals surface area contributed by atoms with Gasteiger partial charge in [-0.25, -0.2) is 0 Å². The first kappa shape index (κ1) is 14.0. The maximum absolute atomic E-state index is 6.09. The van der Waals surface area contributed by atoms with Crippen molar-refractivity contribution in [1.29, 1.82) is 0 Å². The van der Waals surface area contributed by atoms with Gasteiger partial charge in [0, 0.05) is 28.5 Å². The molecule has 1 saturated carbocycles. The molecule has 1 aromatic rings. The molecule has 0 spiro atoms. The molecule has 2 N–H and O–H groups in total. The lowest BCUT2D eigenvalue weighted by molar-refractivity contribution is -0.102. The highest BCUT2D eigenvalue weighted by atomic mass is 79.9. The number of nitrogens with two attached hydrogens (primary N) is 1. The topological polar surface area (TPSA) is 38.5 Å². The molecule has 2 heterocycles. The Bertz CT molecular complexity index is 423. The lowest BCUT2D eigenvalue weighted by Gasteiger charge is -2.47. The van der Waals surface area contributed by atoms with Gasteiger partial charge in [-0.15, -0.1) is 11.3 Å². The fourth-order valence-corrected chi connectivity index (χ4v) is 5.22. The molecule has 1 aliphatic carbocycles. The summed E-state index contributed by atoms with van der Waals surface area (Å²) in [5.41, 5.74) is 6.09. The molecule has 2 fully saturated rings. The average Bonchev–Trinajstić information content (AvgIpc) is 2.86. The minimum Gasteiger partial charge on any atom is -0.375 e. The molecule has 1 aliphatic heterocycles. The Morgan fingerprint density at radius 3 is 3.05 bits per heavy atom. The third kappa shape index (κ3) is 2.76. The molecule has 19 heavy (non-hydrogen) atoms. The van der Waals surface area contributed by atoms with Crippen LogP contribution in [-0.2, 0) is 4.74 Å². The van der Waals surface area contributed by atoms with Crippen LogP contribution in [0.2, 0.25) is 0 Å². The number of morpholine rings is 1. The van der Waals surface area contributed by atoms with Crippen molar-refractivity contribution in [3.05, 3.63) is 20.8 Å². The second-order valence-electron chi connectivity index (χ2n) is 5.38. The second kappa shape index (κ2) is 6.22. The first-order chi connectivity index (χ1) is 9.31. The summed E-state index contributed by atoms with van der Waals surface area (Å²) in [4.78, 5) is 3.97. The Hall–Kier alpha value is 0.0600. The monoisotopic (exact) mass is 344 g/mol. The number of thiophene rings is 1. The van der Waals surface area contributed by atoms with Crippen LogP contribution in [0.5, 0.6) is 0 Å². The zero-order chi connectivity index (χ0) is 13.2. The summed E-state index contributed by atoms with van der Waals surface area (Å²) in [6.07, 6.45) is 5.53. The number of hydrogen-bond acceptors (Lipinski definition) is 4. The van der Waals surface area contributed by atoms with Crippen LogP contribution >= 0.6 is 27.3 Å². The van der Waals surface area contributed by atoms with Gasteiger partial charge in [-0.05, 0) is 40.2 Å². The van der Waals surface area contributed by atoms with Crippen molar-refractivity contribution < 1.29 is 4.74 Å². The van der Waals surface area contributed by atoms with Crippen molar-refractivity contribution in [3.8, 4) is 0 Å². The highest BCUT2D eigenvalue weighted by molar-refractivity contribution is 9.10. The van der Waals surface area contributed by atoms with Gasteiger partial charge < -0.3 is 10.5 Å². The van der Waals surface area contributed by atoms with Gasteiger partial charge in [-0.3, -0.25) is 4.90 Å². The van der Waals surface area contributed by atoms with Crippen molar-refractivity contribution in [2.45, 2.75) is 43.9 Å². The van der Waals surface area contributed by atoms with Gasteiger partial charge >= 0.3 is 0 Å². The van der Waals surface area contributed by atoms with E-state index in [2.05, 4.69) is 32.3 Å². The zero-order valence-electron chi connectivity index (χ0n) is 11.1. The molecular formula is C14H21BrN2OS. The van der Waals surface area contributed by atoms with E-state index in [1.54, 1.807) is 11.3 Å². The third-order valence-electron chi connectivity index (χ3n) is 4.35. The van der Waals surface area contributed by atoms with Crippen LogP contribution in [0.25, 0.3) is 0 Å². The normalized spacial score (nSPS) is 30.0. The lowest BCUT2D eigenvalue weighted by atomic mass is 9.89. The predicted octanol–water partition coefficient (Wildman–Crippen LogP) is 3.15. The van der Waals surface area contributed by atoms with E-state index in [9.17, 15) is 0 Å². The first-order valence-electron chi connectivity index (χ1n) is 7.11. The Balaban J connectivity index is 1.83. The smallest absolute Gasteiger partial charge is 0.0731 e. The molecule has 0 aromatic carbocycles. The van der Waals surface area contributed by atoms with E-state index < -0.39 is 0 Å². The van der Waals surface area contributed by atoms with E-state index in [0.717, 1.165) is 13.2 Å². The molecule has 0 radical (unpaired) electrons. The summed E-state index contributed by atoms with van der Waals surface area (Å²) in [6.45, 7) is 2.54. The molecule has 3 rings (SSSR count). The van der Waals surface area contributed by atoms with Crippen LogP contribution in [0.15, 0.2) is 15.9 Å². The van der Waals surface area contributed by atoms with Crippen LogP contribution in [0, 0.1) is 0 Å². The highest BCUT2D eigenvalue weighted by Gasteiger charge is 2.38. The molecule has 0 bridgehead atoms. The van der Waals surface area contributed by atoms with Crippen LogP contribution in [0.1, 0.15) is 36.6 Å². The predicted molar refractivity (Wildman–Crippen MR) is 82.5 cm³/mol. The average molecular weight is 345 g/mol. The van der Waals surface area contributed by atoms with Crippen molar-refractivity contribution >= 4 is 27.3 Å². The Morgan fingerprint density at radius 1 is 1.47 bits per heavy atom. The minimum atomic E-state index is 0.337. The fraction of sp³-hybridized carbons (Fsp3) is 0.714. The molecule has 3 unspecified atom stereocenters. The molecule has 3 nitrogen and oxygen atoms in total. The van der Waals surface area contributed by atoms with Crippen molar-refractivity contribution in [1.82, 2.24) is 4.90 Å². The van der Waals surface area contributed by atoms with Crippen molar-refractivity contribution in [2.75, 3.05) is 19.7 Å². The number of nitrogens with zero attached hydrogens (tertiary/aromatic N) is 1. The van der Waals surface area contributed by atoms with Crippen LogP contribution < -0.4 is 5.73 Å². The summed E-state index contributed by atoms with van der Waals surface area (Å²) in [6, 6.07) is 3.02. The minimum absolute atomic E-state index is 0.337. The van der Waals surface area contributed by atoms with Gasteiger partial charge in [-0.2, -0.15) is 0 Å². The van der Waals surface area contributed by atoms with E-state index in [1.165, 1.54) is 35.0 Å². The number of ether oxygens (including phenoxy) is 1. The zero-order valence-corrected chi connectivity index (χ0v) is 13.5. The third-order valence-corrected chi connectivity index (χ3v) is 6.32. The molecule has 106 valence electrons. The Kier molecular flexibility index (Phi) is 4.59. The molecule has 2 aliphatic rings. The Morgan fingerprint density at radius 2 is 2.32 bits per heavy atom. The van der Waals surface area contributed by atoms with E-state index in [-0.39, 0.29) is 0 Å². The van der Waals surface area contributed by atoms with Crippen molar-refractivity contribution in [2.24, 2.45) is 5.73 Å². The molecular weight excluding hydrogens is 324 g/mol. The van der Waals surface area contributed by atoms with E-state index >= 15 is 0 Å². The standard InChI is InChI=1S/C14H21BrN2OS/c15-10-5-8-19-14(10)12(9-16)17-6-7-18-13-4-2-1-3-11(13)17/h5,8,11-13H,1-4,6-7,9,16H2. The van der Waals surface area contributed by atoms with E-state index in [4.69, 9.17) is 10.5 Å². The Labute approximate surface area is 127 Å². The summed E-state index contributed by atoms with van der Waals surface area (Å²) in [5, 5.41) is 2.14. The molecule has 0 amide bonds. The molecule has 1 saturated heterocycles. The van der Waals surface area contributed by atoms with E-state index in [0.29, 0.717) is 24.7 Å². The van der Waals surface area contributed by atoms with Gasteiger partial charge in [0.2, 0.25) is 0 Å². The summed E-state index contributed by atoms with van der Waals surface area (Å²) >= 11 is 5.47. The van der Waals surface area contributed by atoms with Gasteiger partial charge in [0.05, 0.1) is 18.8 Å². The van der Waals surface area contributed by atoms with Crippen LogP contribution in [0.3, 0.4) is 0 Å². The SMILES string of the molecule is NCC(c1sccc1Br)N1CCOC2CCCCC21. The van der Waals surface area contributed by atoms with Gasteiger partial charge in [0.25, 0.3) is 0 Å². The largest absolute Gasteiger partial charge is 0.375 e. The number of rotatable bonds is 3. The number of hydrogen-bond donors (Lipinski definition) is 1. The van der Waals surface area contributed by atoms with Crippen LogP contribution in [-0.4, -0.2) is 36.7 Å². The molecule has 5 heteroatoms. The van der Waals surface area contributed by atoms with Gasteiger partial charge in [0.15, 0.2) is 0 Å².